The summed E-state index contributed by atoms with van der Waals surface area (Å²) in [4.78, 5) is 0. The van der Waals surface area contributed by atoms with Gasteiger partial charge in [-0.2, -0.15) is 0 Å². The van der Waals surface area contributed by atoms with Crippen LogP contribution in [0.2, 0.25) is 0 Å². The van der Waals surface area contributed by atoms with Gasteiger partial charge in [-0.05, 0) is 25.7 Å². The Morgan fingerprint density at radius 2 is 2.22 bits per heavy atom. The zero-order chi connectivity index (χ0) is 6.91. The molecule has 0 amide bonds. The molecule has 0 bridgehead atoms. The lowest BCUT2D eigenvalue weighted by atomic mass is 10.1. The Bertz CT molecular complexity index is 96.7. The number of aliphatic hydroxyl groups is 1. The molecule has 0 aromatic carbocycles. The zero-order valence-corrected chi connectivity index (χ0v) is 6.35. The lowest BCUT2D eigenvalue weighted by molar-refractivity contribution is 0.149. The first-order valence-corrected chi connectivity index (χ1v) is 3.89. The van der Waals surface area contributed by atoms with E-state index in [1.54, 1.807) is 0 Å². The highest BCUT2D eigenvalue weighted by molar-refractivity contribution is 4.98. The predicted molar refractivity (Wildman–Crippen MR) is 38.3 cm³/mol. The van der Waals surface area contributed by atoms with E-state index in [1.165, 1.54) is 19.3 Å². The topological polar surface area (TPSA) is 20.2 Å². The Hall–Kier alpha value is -0.0400. The van der Waals surface area contributed by atoms with Gasteiger partial charge in [-0.15, -0.1) is 0 Å². The first-order valence-electron chi connectivity index (χ1n) is 3.89. The molecule has 0 aliphatic heterocycles. The van der Waals surface area contributed by atoms with Crippen molar-refractivity contribution in [2.75, 3.05) is 0 Å². The Kier molecular flexibility index (Phi) is 1.80. The fourth-order valence-corrected chi connectivity index (χ4v) is 1.30. The molecule has 0 saturated heterocycles. The fraction of sp³-hybridized carbons (Fsp3) is 1.00. The summed E-state index contributed by atoms with van der Waals surface area (Å²) in [6.07, 6.45) is 4.80. The van der Waals surface area contributed by atoms with Crippen LogP contribution in [0.1, 0.15) is 39.5 Å². The third-order valence-electron chi connectivity index (χ3n) is 2.29. The van der Waals surface area contributed by atoms with Crippen LogP contribution in [0.3, 0.4) is 0 Å². The molecular weight excluding hydrogens is 112 g/mol. The molecule has 2 atom stereocenters. The Labute approximate surface area is 57.1 Å². The standard InChI is InChI=1S/C8H16O/c1-3-4-5-7-6-8(7,2)9/h7,9H,3-6H2,1-2H3/t7-,8-/m1/s1. The van der Waals surface area contributed by atoms with Gasteiger partial charge in [0.05, 0.1) is 5.60 Å². The molecule has 0 spiro atoms. The summed E-state index contributed by atoms with van der Waals surface area (Å²) in [5.41, 5.74) is -0.283. The van der Waals surface area contributed by atoms with Crippen molar-refractivity contribution in [2.45, 2.75) is 45.1 Å². The molecule has 9 heavy (non-hydrogen) atoms. The van der Waals surface area contributed by atoms with Crippen LogP contribution >= 0.6 is 0 Å². The Morgan fingerprint density at radius 1 is 1.67 bits per heavy atom. The summed E-state index contributed by atoms with van der Waals surface area (Å²) in [5.74, 6) is 0.623. The van der Waals surface area contributed by atoms with Crippen LogP contribution < -0.4 is 0 Å². The van der Waals surface area contributed by atoms with Gasteiger partial charge in [0, 0.05) is 0 Å². The van der Waals surface area contributed by atoms with Crippen molar-refractivity contribution < 1.29 is 5.11 Å². The Morgan fingerprint density at radius 3 is 2.56 bits per heavy atom. The molecule has 54 valence electrons. The maximum Gasteiger partial charge on any atom is 0.0652 e. The van der Waals surface area contributed by atoms with Crippen molar-refractivity contribution in [3.8, 4) is 0 Å². The highest BCUT2D eigenvalue weighted by Crippen LogP contribution is 2.45. The van der Waals surface area contributed by atoms with Gasteiger partial charge in [0.15, 0.2) is 0 Å². The monoisotopic (exact) mass is 128 g/mol. The molecule has 1 rings (SSSR count). The van der Waals surface area contributed by atoms with Crippen LogP contribution in [0.4, 0.5) is 0 Å². The summed E-state index contributed by atoms with van der Waals surface area (Å²) >= 11 is 0. The molecule has 1 nitrogen and oxygen atoms in total. The van der Waals surface area contributed by atoms with Crippen molar-refractivity contribution in [3.63, 3.8) is 0 Å². The average Bonchev–Trinajstić information content (AvgIpc) is 2.35. The van der Waals surface area contributed by atoms with Crippen LogP contribution in [0.25, 0.3) is 0 Å². The van der Waals surface area contributed by atoms with Crippen molar-refractivity contribution in [2.24, 2.45) is 5.92 Å². The van der Waals surface area contributed by atoms with Gasteiger partial charge in [0.2, 0.25) is 0 Å². The van der Waals surface area contributed by atoms with Crippen molar-refractivity contribution in [1.29, 1.82) is 0 Å². The Balaban J connectivity index is 2.06. The first-order chi connectivity index (χ1) is 4.17. The third kappa shape index (κ3) is 1.68. The van der Waals surface area contributed by atoms with Crippen molar-refractivity contribution >= 4 is 0 Å². The molecule has 1 aliphatic rings. The molecule has 1 aliphatic carbocycles. The van der Waals surface area contributed by atoms with Crippen LogP contribution in [0.5, 0.6) is 0 Å². The van der Waals surface area contributed by atoms with E-state index in [9.17, 15) is 5.11 Å². The number of rotatable bonds is 3. The maximum absolute atomic E-state index is 9.32. The van der Waals surface area contributed by atoms with E-state index in [2.05, 4.69) is 6.92 Å². The molecule has 1 saturated carbocycles. The van der Waals surface area contributed by atoms with Crippen molar-refractivity contribution in [1.82, 2.24) is 0 Å². The van der Waals surface area contributed by atoms with Crippen LogP contribution in [-0.2, 0) is 0 Å². The molecule has 0 heterocycles. The normalized spacial score (nSPS) is 41.0. The minimum absolute atomic E-state index is 0.283. The van der Waals surface area contributed by atoms with E-state index in [1.807, 2.05) is 6.92 Å². The van der Waals surface area contributed by atoms with Gasteiger partial charge in [0.25, 0.3) is 0 Å². The summed E-state index contributed by atoms with van der Waals surface area (Å²) < 4.78 is 0. The lowest BCUT2D eigenvalue weighted by Gasteiger charge is -1.99. The molecule has 0 aromatic heterocycles. The minimum Gasteiger partial charge on any atom is -0.390 e. The first kappa shape index (κ1) is 7.07. The molecule has 0 aromatic rings. The van der Waals surface area contributed by atoms with E-state index >= 15 is 0 Å². The number of hydrogen-bond donors (Lipinski definition) is 1. The van der Waals surface area contributed by atoms with Crippen LogP contribution in [0.15, 0.2) is 0 Å². The van der Waals surface area contributed by atoms with Gasteiger partial charge < -0.3 is 5.11 Å². The fourth-order valence-electron chi connectivity index (χ4n) is 1.30. The second kappa shape index (κ2) is 2.30. The highest BCUT2D eigenvalue weighted by atomic mass is 16.3. The van der Waals surface area contributed by atoms with Gasteiger partial charge >= 0.3 is 0 Å². The second-order valence-electron chi connectivity index (χ2n) is 3.40. The van der Waals surface area contributed by atoms with E-state index in [0.29, 0.717) is 5.92 Å². The van der Waals surface area contributed by atoms with E-state index in [-0.39, 0.29) is 5.60 Å². The second-order valence-corrected chi connectivity index (χ2v) is 3.40. The SMILES string of the molecule is CCCC[C@@H]1C[C@@]1(C)O. The van der Waals surface area contributed by atoms with E-state index in [4.69, 9.17) is 0 Å². The molecular formula is C8H16O. The average molecular weight is 128 g/mol. The predicted octanol–water partition coefficient (Wildman–Crippen LogP) is 1.95. The molecule has 0 unspecified atom stereocenters. The van der Waals surface area contributed by atoms with Gasteiger partial charge in [-0.3, -0.25) is 0 Å². The lowest BCUT2D eigenvalue weighted by Crippen LogP contribution is -2.02. The van der Waals surface area contributed by atoms with Gasteiger partial charge in [-0.25, -0.2) is 0 Å². The van der Waals surface area contributed by atoms with Crippen molar-refractivity contribution in [3.05, 3.63) is 0 Å². The number of hydrogen-bond acceptors (Lipinski definition) is 1. The van der Waals surface area contributed by atoms with Gasteiger partial charge in [-0.1, -0.05) is 19.8 Å². The zero-order valence-electron chi connectivity index (χ0n) is 6.35. The summed E-state index contributed by atoms with van der Waals surface area (Å²) in [5, 5.41) is 9.32. The molecule has 1 N–H and O–H groups in total. The molecule has 1 fully saturated rings. The summed E-state index contributed by atoms with van der Waals surface area (Å²) in [6, 6.07) is 0. The minimum atomic E-state index is -0.283. The maximum atomic E-state index is 9.32. The smallest absolute Gasteiger partial charge is 0.0652 e. The van der Waals surface area contributed by atoms with Crippen LogP contribution in [-0.4, -0.2) is 10.7 Å². The highest BCUT2D eigenvalue weighted by Gasteiger charge is 2.47. The van der Waals surface area contributed by atoms with E-state index in [0.717, 1.165) is 6.42 Å². The molecule has 1 heteroatoms. The summed E-state index contributed by atoms with van der Waals surface area (Å²) in [7, 11) is 0. The quantitative estimate of drug-likeness (QED) is 0.616. The largest absolute Gasteiger partial charge is 0.390 e. The molecule has 0 radical (unpaired) electrons. The van der Waals surface area contributed by atoms with Crippen LogP contribution in [0, 0.1) is 5.92 Å². The summed E-state index contributed by atoms with van der Waals surface area (Å²) in [6.45, 7) is 4.13. The van der Waals surface area contributed by atoms with Gasteiger partial charge in [0.1, 0.15) is 0 Å². The number of unbranched alkanes of at least 4 members (excludes halogenated alkanes) is 1. The van der Waals surface area contributed by atoms with E-state index < -0.39 is 0 Å². The third-order valence-corrected chi connectivity index (χ3v) is 2.29.